The number of rotatable bonds is 7. The molecule has 0 aliphatic heterocycles. The van der Waals surface area contributed by atoms with E-state index in [-0.39, 0.29) is 5.91 Å². The lowest BCUT2D eigenvalue weighted by Crippen LogP contribution is -2.62. The second-order valence-electron chi connectivity index (χ2n) is 7.16. The quantitative estimate of drug-likeness (QED) is 0.387. The zero-order valence-electron chi connectivity index (χ0n) is 16.4. The SMILES string of the molecule is CNC(=O)[C@H](C)NC(=O)[C@H](C)NC(=O)[C@](C)(CO)NC(=O)OC(C)(C)C. The van der Waals surface area contributed by atoms with Gasteiger partial charge in [0, 0.05) is 7.05 Å². The highest BCUT2D eigenvalue weighted by Gasteiger charge is 2.37. The van der Waals surface area contributed by atoms with Crippen molar-refractivity contribution < 1.29 is 29.0 Å². The molecule has 4 amide bonds. The molecule has 150 valence electrons. The Hall–Kier alpha value is -2.36. The van der Waals surface area contributed by atoms with Crippen molar-refractivity contribution in [2.24, 2.45) is 0 Å². The molecule has 0 unspecified atom stereocenters. The van der Waals surface area contributed by atoms with Gasteiger partial charge in [-0.3, -0.25) is 14.4 Å². The molecule has 0 saturated carbocycles. The average Bonchev–Trinajstić information content (AvgIpc) is 2.51. The molecular formula is C16H30N4O6. The Morgan fingerprint density at radius 1 is 0.962 bits per heavy atom. The van der Waals surface area contributed by atoms with Gasteiger partial charge < -0.3 is 31.1 Å². The van der Waals surface area contributed by atoms with Gasteiger partial charge in [-0.15, -0.1) is 0 Å². The van der Waals surface area contributed by atoms with Crippen molar-refractivity contribution in [2.75, 3.05) is 13.7 Å². The van der Waals surface area contributed by atoms with Crippen LogP contribution in [0.15, 0.2) is 0 Å². The fourth-order valence-electron chi connectivity index (χ4n) is 1.74. The van der Waals surface area contributed by atoms with Crippen LogP contribution in [0.3, 0.4) is 0 Å². The van der Waals surface area contributed by atoms with E-state index in [1.54, 1.807) is 20.8 Å². The molecule has 3 atom stereocenters. The monoisotopic (exact) mass is 374 g/mol. The second kappa shape index (κ2) is 9.37. The van der Waals surface area contributed by atoms with Gasteiger partial charge in [-0.1, -0.05) is 0 Å². The summed E-state index contributed by atoms with van der Waals surface area (Å²) in [6.07, 6.45) is -0.880. The van der Waals surface area contributed by atoms with Crippen molar-refractivity contribution in [1.82, 2.24) is 21.3 Å². The lowest BCUT2D eigenvalue weighted by atomic mass is 10.0. The number of amides is 4. The van der Waals surface area contributed by atoms with Crippen molar-refractivity contribution in [3.63, 3.8) is 0 Å². The number of carbonyl (C=O) groups excluding carboxylic acids is 4. The normalized spacial score (nSPS) is 15.7. The maximum Gasteiger partial charge on any atom is 0.408 e. The number of carbonyl (C=O) groups is 4. The number of nitrogens with one attached hydrogen (secondary N) is 4. The fraction of sp³-hybridized carbons (Fsp3) is 0.750. The van der Waals surface area contributed by atoms with E-state index in [4.69, 9.17) is 4.74 Å². The first-order valence-corrected chi connectivity index (χ1v) is 8.20. The standard InChI is InChI=1S/C16H30N4O6/c1-9(11(22)17-7)18-12(23)10(2)19-13(24)16(6,8-21)20-14(25)26-15(3,4)5/h9-10,21H,8H2,1-7H3,(H,17,22)(H,18,23)(H,19,24)(H,20,25)/t9-,10-,16-/m0/s1. The second-order valence-corrected chi connectivity index (χ2v) is 7.16. The molecule has 0 bridgehead atoms. The third-order valence-electron chi connectivity index (χ3n) is 3.33. The largest absolute Gasteiger partial charge is 0.444 e. The molecule has 10 heteroatoms. The van der Waals surface area contributed by atoms with E-state index in [1.165, 1.54) is 27.8 Å². The fourth-order valence-corrected chi connectivity index (χ4v) is 1.74. The molecule has 0 spiro atoms. The molecule has 0 rings (SSSR count). The highest BCUT2D eigenvalue weighted by atomic mass is 16.6. The summed E-state index contributed by atoms with van der Waals surface area (Å²) in [5.74, 6) is -1.75. The molecule has 0 heterocycles. The van der Waals surface area contributed by atoms with Gasteiger partial charge in [-0.2, -0.15) is 0 Å². The van der Waals surface area contributed by atoms with E-state index in [9.17, 15) is 24.3 Å². The highest BCUT2D eigenvalue weighted by molar-refractivity contribution is 5.95. The molecule has 0 aliphatic rings. The van der Waals surface area contributed by atoms with Gasteiger partial charge in [0.05, 0.1) is 6.61 Å². The van der Waals surface area contributed by atoms with Crippen molar-refractivity contribution in [3.8, 4) is 0 Å². The average molecular weight is 374 g/mol. The Morgan fingerprint density at radius 2 is 1.46 bits per heavy atom. The molecule has 0 aliphatic carbocycles. The van der Waals surface area contributed by atoms with Crippen LogP contribution in [0.2, 0.25) is 0 Å². The van der Waals surface area contributed by atoms with Crippen LogP contribution in [0.5, 0.6) is 0 Å². The Morgan fingerprint density at radius 3 is 1.88 bits per heavy atom. The first kappa shape index (κ1) is 23.6. The highest BCUT2D eigenvalue weighted by Crippen LogP contribution is 2.10. The van der Waals surface area contributed by atoms with Crippen molar-refractivity contribution in [1.29, 1.82) is 0 Å². The van der Waals surface area contributed by atoms with Gasteiger partial charge in [0.15, 0.2) is 0 Å². The van der Waals surface area contributed by atoms with Crippen LogP contribution in [-0.4, -0.2) is 65.8 Å². The molecular weight excluding hydrogens is 344 g/mol. The number of likely N-dealkylation sites (N-methyl/N-ethyl adjacent to an activating group) is 1. The topological polar surface area (TPSA) is 146 Å². The summed E-state index contributed by atoms with van der Waals surface area (Å²) in [5.41, 5.74) is -2.47. The Balaban J connectivity index is 4.89. The molecule has 0 radical (unpaired) electrons. The molecule has 0 saturated heterocycles. The molecule has 0 aromatic rings. The van der Waals surface area contributed by atoms with Crippen molar-refractivity contribution in [3.05, 3.63) is 0 Å². The maximum atomic E-state index is 12.4. The number of ether oxygens (including phenoxy) is 1. The maximum absolute atomic E-state index is 12.4. The summed E-state index contributed by atoms with van der Waals surface area (Å²) in [7, 11) is 1.44. The van der Waals surface area contributed by atoms with E-state index < -0.39 is 47.7 Å². The number of aliphatic hydroxyl groups excluding tert-OH is 1. The number of hydrogen-bond acceptors (Lipinski definition) is 6. The van der Waals surface area contributed by atoms with Crippen LogP contribution in [0.1, 0.15) is 41.5 Å². The van der Waals surface area contributed by atoms with Gasteiger partial charge in [-0.25, -0.2) is 4.79 Å². The van der Waals surface area contributed by atoms with Gasteiger partial charge in [0.2, 0.25) is 17.7 Å². The van der Waals surface area contributed by atoms with Crippen LogP contribution < -0.4 is 21.3 Å². The third kappa shape index (κ3) is 7.68. The lowest BCUT2D eigenvalue weighted by Gasteiger charge is -2.30. The van der Waals surface area contributed by atoms with E-state index in [0.29, 0.717) is 0 Å². The van der Waals surface area contributed by atoms with Gasteiger partial charge in [0.1, 0.15) is 23.2 Å². The van der Waals surface area contributed by atoms with E-state index in [1.807, 2.05) is 0 Å². The van der Waals surface area contributed by atoms with Crippen LogP contribution >= 0.6 is 0 Å². The summed E-state index contributed by atoms with van der Waals surface area (Å²) in [5, 5.41) is 19.0. The van der Waals surface area contributed by atoms with Gasteiger partial charge in [-0.05, 0) is 41.5 Å². The van der Waals surface area contributed by atoms with Crippen LogP contribution in [0, 0.1) is 0 Å². The Kier molecular flexibility index (Phi) is 8.52. The zero-order chi connectivity index (χ0) is 20.7. The van der Waals surface area contributed by atoms with Crippen molar-refractivity contribution >= 4 is 23.8 Å². The smallest absolute Gasteiger partial charge is 0.408 e. The first-order valence-electron chi connectivity index (χ1n) is 8.20. The van der Waals surface area contributed by atoms with Crippen molar-refractivity contribution in [2.45, 2.75) is 64.8 Å². The Labute approximate surface area is 153 Å². The molecule has 26 heavy (non-hydrogen) atoms. The lowest BCUT2D eigenvalue weighted by molar-refractivity contribution is -0.134. The first-order chi connectivity index (χ1) is 11.8. The van der Waals surface area contributed by atoms with E-state index >= 15 is 0 Å². The number of alkyl carbamates (subject to hydrolysis) is 1. The number of aliphatic hydroxyl groups is 1. The summed E-state index contributed by atoms with van der Waals surface area (Å²) < 4.78 is 5.06. The predicted octanol–water partition coefficient (Wildman–Crippen LogP) is -0.982. The summed E-state index contributed by atoms with van der Waals surface area (Å²) >= 11 is 0. The minimum atomic E-state index is -1.69. The van der Waals surface area contributed by atoms with Gasteiger partial charge >= 0.3 is 6.09 Å². The molecule has 0 aromatic heterocycles. The van der Waals surface area contributed by atoms with Crippen LogP contribution in [-0.2, 0) is 19.1 Å². The molecule has 5 N–H and O–H groups in total. The van der Waals surface area contributed by atoms with E-state index in [0.717, 1.165) is 0 Å². The predicted molar refractivity (Wildman–Crippen MR) is 94.1 cm³/mol. The van der Waals surface area contributed by atoms with E-state index in [2.05, 4.69) is 21.3 Å². The van der Waals surface area contributed by atoms with Gasteiger partial charge in [0.25, 0.3) is 0 Å². The third-order valence-corrected chi connectivity index (χ3v) is 3.33. The summed E-state index contributed by atoms with van der Waals surface area (Å²) in [6, 6.07) is -1.78. The van der Waals surface area contributed by atoms with Crippen LogP contribution in [0.4, 0.5) is 4.79 Å². The summed E-state index contributed by atoms with van der Waals surface area (Å²) in [6.45, 7) is 8.46. The minimum Gasteiger partial charge on any atom is -0.444 e. The Bertz CT molecular complexity index is 545. The molecule has 0 fully saturated rings. The summed E-state index contributed by atoms with van der Waals surface area (Å²) in [4.78, 5) is 47.7. The molecule has 0 aromatic carbocycles. The van der Waals surface area contributed by atoms with Crippen LogP contribution in [0.25, 0.3) is 0 Å². The minimum absolute atomic E-state index is 0.385. The zero-order valence-corrected chi connectivity index (χ0v) is 16.4. The number of hydrogen-bond donors (Lipinski definition) is 5. The molecule has 10 nitrogen and oxygen atoms in total.